The van der Waals surface area contributed by atoms with Crippen LogP contribution < -0.4 is 0 Å². The molecule has 0 heterocycles. The van der Waals surface area contributed by atoms with Crippen molar-refractivity contribution in [3.63, 3.8) is 0 Å². The van der Waals surface area contributed by atoms with Crippen LogP contribution in [0.4, 0.5) is 0 Å². The van der Waals surface area contributed by atoms with E-state index in [9.17, 15) is 0 Å². The zero-order valence-corrected chi connectivity index (χ0v) is 27.1. The second-order valence-corrected chi connectivity index (χ2v) is 13.7. The molecule has 0 unspecified atom stereocenters. The van der Waals surface area contributed by atoms with E-state index in [0.717, 1.165) is 11.1 Å². The summed E-state index contributed by atoms with van der Waals surface area (Å²) >= 11 is 0.712. The van der Waals surface area contributed by atoms with E-state index in [0.29, 0.717) is 29.1 Å². The summed E-state index contributed by atoms with van der Waals surface area (Å²) in [6, 6.07) is 19.7. The Balaban J connectivity index is 0. The number of hydrogen-bond donors (Lipinski definition) is 0. The molecule has 0 saturated carbocycles. The smallest absolute Gasteiger partial charge is 0.0866 e. The van der Waals surface area contributed by atoms with E-state index >= 15 is 0 Å². The molecule has 0 saturated heterocycles. The number of nitrogens with zero attached hydrogens (tertiary/aromatic N) is 4. The minimum Gasteiger partial charge on any atom is -0.199 e. The first kappa shape index (κ1) is 36.6. The minimum absolute atomic E-state index is 0.0642. The van der Waals surface area contributed by atoms with Crippen LogP contribution in [-0.2, 0) is 29.1 Å². The van der Waals surface area contributed by atoms with E-state index in [-0.39, 0.29) is 22.2 Å². The number of rotatable bonds is 0. The van der Waals surface area contributed by atoms with Gasteiger partial charge in [-0.3, -0.25) is 0 Å². The SMILES string of the molecule is CC(C)(C)[N]=[Mn]=[N]C(C)(C)C.CC(C)(C)[N]=[Mn]=[N]C(C)(C)C.[CH2-]c1ccccc1.[CH2-]c1ccccc1. The molecule has 0 N–H and O–H groups in total. The van der Waals surface area contributed by atoms with Crippen LogP contribution in [-0.4, -0.2) is 22.2 Å². The molecule has 2 aromatic rings. The summed E-state index contributed by atoms with van der Waals surface area (Å²) in [5, 5.41) is 0. The topological polar surface area (TPSA) is 49.4 Å². The third-order valence-corrected chi connectivity index (χ3v) is 6.49. The molecule has 0 amide bonds. The molecule has 0 aromatic heterocycles. The summed E-state index contributed by atoms with van der Waals surface area (Å²) in [5.41, 5.74) is 2.40. The normalized spacial score (nSPS) is 11.0. The molecule has 36 heavy (non-hydrogen) atoms. The van der Waals surface area contributed by atoms with Gasteiger partial charge < -0.3 is 0 Å². The maximum Gasteiger partial charge on any atom is -0.0866 e. The summed E-state index contributed by atoms with van der Waals surface area (Å²) in [6.45, 7) is 32.6. The van der Waals surface area contributed by atoms with E-state index in [2.05, 4.69) is 113 Å². The van der Waals surface area contributed by atoms with Crippen molar-refractivity contribution < 1.29 is 29.1 Å². The van der Waals surface area contributed by atoms with E-state index in [1.54, 1.807) is 0 Å². The molecule has 0 radical (unpaired) electrons. The predicted molar refractivity (Wildman–Crippen MR) is 151 cm³/mol. The monoisotopic (exact) mass is 576 g/mol. The maximum absolute atomic E-state index is 4.41. The van der Waals surface area contributed by atoms with Gasteiger partial charge in [0, 0.05) is 0 Å². The molecular formula is C30H50Mn2N4-2. The second-order valence-electron chi connectivity index (χ2n) is 12.1. The van der Waals surface area contributed by atoms with Crippen LogP contribution in [0, 0.1) is 13.8 Å². The van der Waals surface area contributed by atoms with Gasteiger partial charge in [-0.25, -0.2) is 0 Å². The summed E-state index contributed by atoms with van der Waals surface area (Å²) in [7, 11) is 0. The van der Waals surface area contributed by atoms with E-state index in [1.807, 2.05) is 60.7 Å². The fourth-order valence-corrected chi connectivity index (χ4v) is 2.98. The Morgan fingerprint density at radius 3 is 0.722 bits per heavy atom. The Hall–Kier alpha value is -1.58. The van der Waals surface area contributed by atoms with E-state index < -0.39 is 0 Å². The summed E-state index contributed by atoms with van der Waals surface area (Å²) in [6.07, 6.45) is 0. The van der Waals surface area contributed by atoms with Crippen molar-refractivity contribution in [3.8, 4) is 0 Å². The van der Waals surface area contributed by atoms with E-state index in [4.69, 9.17) is 0 Å². The van der Waals surface area contributed by atoms with Crippen molar-refractivity contribution in [2.45, 2.75) is 105 Å². The first-order chi connectivity index (χ1) is 16.2. The van der Waals surface area contributed by atoms with Crippen molar-refractivity contribution in [3.05, 3.63) is 85.6 Å². The van der Waals surface area contributed by atoms with Gasteiger partial charge in [-0.15, -0.1) is 24.3 Å². The Labute approximate surface area is 235 Å². The van der Waals surface area contributed by atoms with Gasteiger partial charge in [0.1, 0.15) is 0 Å². The molecule has 4 nitrogen and oxygen atoms in total. The fraction of sp³-hybridized carbons (Fsp3) is 0.533. The molecule has 0 bridgehead atoms. The second kappa shape index (κ2) is 17.8. The van der Waals surface area contributed by atoms with Gasteiger partial charge in [-0.05, 0) is 0 Å². The molecule has 0 aliphatic carbocycles. The van der Waals surface area contributed by atoms with Crippen molar-refractivity contribution in [1.82, 2.24) is 0 Å². The summed E-state index contributed by atoms with van der Waals surface area (Å²) < 4.78 is 17.6. The molecule has 2 rings (SSSR count). The fourth-order valence-electron chi connectivity index (χ4n) is 1.45. The number of benzene rings is 2. The van der Waals surface area contributed by atoms with Gasteiger partial charge in [-0.1, -0.05) is 12.1 Å². The zero-order chi connectivity index (χ0) is 28.5. The van der Waals surface area contributed by atoms with Gasteiger partial charge in [0.15, 0.2) is 0 Å². The van der Waals surface area contributed by atoms with Gasteiger partial charge >= 0.3 is 150 Å². The molecule has 0 fully saturated rings. The third kappa shape index (κ3) is 34.6. The van der Waals surface area contributed by atoms with Gasteiger partial charge in [0.25, 0.3) is 0 Å². The van der Waals surface area contributed by atoms with Crippen LogP contribution in [0.5, 0.6) is 0 Å². The first-order valence-corrected chi connectivity index (χ1v) is 14.2. The molecule has 206 valence electrons. The number of hydrogen-bond acceptors (Lipinski definition) is 4. The summed E-state index contributed by atoms with van der Waals surface area (Å²) in [5.74, 6) is 0. The molecule has 6 heteroatoms. The van der Waals surface area contributed by atoms with E-state index in [1.165, 1.54) is 0 Å². The summed E-state index contributed by atoms with van der Waals surface area (Å²) in [4.78, 5) is 0. The Morgan fingerprint density at radius 2 is 0.611 bits per heavy atom. The maximum atomic E-state index is 4.41. The van der Waals surface area contributed by atoms with Crippen LogP contribution in [0.25, 0.3) is 0 Å². The van der Waals surface area contributed by atoms with Crippen LogP contribution in [0.2, 0.25) is 0 Å². The largest absolute Gasteiger partial charge is 0.199 e. The molecule has 2 aromatic carbocycles. The average Bonchev–Trinajstić information content (AvgIpc) is 2.66. The van der Waals surface area contributed by atoms with Crippen LogP contribution in [0.15, 0.2) is 76.5 Å². The first-order valence-electron chi connectivity index (χ1n) is 12.1. The molecule has 0 aliphatic heterocycles. The molecular weight excluding hydrogens is 526 g/mol. The zero-order valence-electron chi connectivity index (χ0n) is 24.7. The Morgan fingerprint density at radius 1 is 0.417 bits per heavy atom. The van der Waals surface area contributed by atoms with Crippen molar-refractivity contribution >= 4 is 0 Å². The van der Waals surface area contributed by atoms with Crippen LogP contribution >= 0.6 is 0 Å². The van der Waals surface area contributed by atoms with Gasteiger partial charge in [0.05, 0.1) is 0 Å². The van der Waals surface area contributed by atoms with Crippen molar-refractivity contribution in [2.24, 2.45) is 15.8 Å². The van der Waals surface area contributed by atoms with Gasteiger partial charge in [-0.2, -0.15) is 49.2 Å². The van der Waals surface area contributed by atoms with Crippen LogP contribution in [0.1, 0.15) is 94.2 Å². The molecule has 0 atom stereocenters. The average molecular weight is 577 g/mol. The third-order valence-electron chi connectivity index (χ3n) is 2.85. The van der Waals surface area contributed by atoms with Crippen LogP contribution in [0.3, 0.4) is 0 Å². The van der Waals surface area contributed by atoms with Crippen molar-refractivity contribution in [2.75, 3.05) is 0 Å². The van der Waals surface area contributed by atoms with Gasteiger partial charge in [0.2, 0.25) is 0 Å². The van der Waals surface area contributed by atoms with Crippen molar-refractivity contribution in [1.29, 1.82) is 0 Å². The standard InChI is InChI=1S/2C7H7.4C4H9N.2Mn/c2*1-7-5-3-2-4-6-7;4*1-4(2,3)5;;/h2*2-6H,1H2;4*1-3H3;;/q2*-1;;;;;;. The predicted octanol–water partition coefficient (Wildman–Crippen LogP) is 9.80. The molecule has 0 spiro atoms. The Bertz CT molecular complexity index is 827. The minimum atomic E-state index is 0.0642. The Kier molecular flexibility index (Phi) is 18.1. The molecule has 0 aliphatic rings. The quantitative estimate of drug-likeness (QED) is 0.221.